The van der Waals surface area contributed by atoms with E-state index in [1.54, 1.807) is 0 Å². The minimum atomic E-state index is 0.325. The predicted octanol–water partition coefficient (Wildman–Crippen LogP) is 1.73. The van der Waals surface area contributed by atoms with Crippen LogP contribution < -0.4 is 0 Å². The fourth-order valence-electron chi connectivity index (χ4n) is 3.83. The molecular weight excluding hydrogens is 212 g/mol. The Hall–Kier alpha value is -0.570. The first-order chi connectivity index (χ1) is 8.24. The maximum atomic E-state index is 12.6. The Morgan fingerprint density at radius 2 is 1.65 bits per heavy atom. The average Bonchev–Trinajstić information content (AvgIpc) is 2.40. The zero-order valence-electron chi connectivity index (χ0n) is 10.9. The first kappa shape index (κ1) is 11.5. The van der Waals surface area contributed by atoms with Crippen molar-refractivity contribution in [2.45, 2.75) is 44.6 Å². The van der Waals surface area contributed by atoms with Gasteiger partial charge in [-0.2, -0.15) is 0 Å². The highest BCUT2D eigenvalue weighted by Crippen LogP contribution is 2.36. The lowest BCUT2D eigenvalue weighted by Crippen LogP contribution is -2.53. The van der Waals surface area contributed by atoms with Crippen LogP contribution in [0.1, 0.15) is 38.5 Å². The van der Waals surface area contributed by atoms with Gasteiger partial charge in [-0.3, -0.25) is 4.79 Å². The van der Waals surface area contributed by atoms with E-state index in [9.17, 15) is 4.79 Å². The molecule has 0 N–H and O–H groups in total. The van der Waals surface area contributed by atoms with Crippen LogP contribution in [-0.2, 0) is 4.79 Å². The lowest BCUT2D eigenvalue weighted by atomic mass is 9.79. The summed E-state index contributed by atoms with van der Waals surface area (Å²) in [4.78, 5) is 17.1. The number of fused-ring (bicyclic) bond motifs is 3. The van der Waals surface area contributed by atoms with Gasteiger partial charge >= 0.3 is 0 Å². The summed E-state index contributed by atoms with van der Waals surface area (Å²) in [7, 11) is 2.16. The molecule has 0 aromatic rings. The molecule has 4 rings (SSSR count). The molecule has 1 amide bonds. The lowest BCUT2D eigenvalue weighted by molar-refractivity contribution is -0.144. The number of carbonyl (C=O) groups excluding carboxylic acids is 1. The van der Waals surface area contributed by atoms with Gasteiger partial charge in [-0.05, 0) is 64.6 Å². The van der Waals surface area contributed by atoms with Gasteiger partial charge in [-0.25, -0.2) is 0 Å². The molecule has 0 aromatic carbocycles. The number of hydrogen-bond donors (Lipinski definition) is 0. The largest absolute Gasteiger partial charge is 0.339 e. The monoisotopic (exact) mass is 236 g/mol. The molecule has 0 aromatic heterocycles. The van der Waals surface area contributed by atoms with Crippen molar-refractivity contribution >= 4 is 5.91 Å². The van der Waals surface area contributed by atoms with Crippen molar-refractivity contribution in [3.05, 3.63) is 0 Å². The van der Waals surface area contributed by atoms with Gasteiger partial charge in [0.15, 0.2) is 0 Å². The van der Waals surface area contributed by atoms with Crippen molar-refractivity contribution in [3.8, 4) is 0 Å². The average molecular weight is 236 g/mol. The summed E-state index contributed by atoms with van der Waals surface area (Å²) < 4.78 is 0. The van der Waals surface area contributed by atoms with Gasteiger partial charge in [0.1, 0.15) is 0 Å². The Balaban J connectivity index is 1.62. The molecule has 0 atom stereocenters. The third-order valence-corrected chi connectivity index (χ3v) is 5.06. The quantitative estimate of drug-likeness (QED) is 0.692. The molecular formula is C14H24N2O. The smallest absolute Gasteiger partial charge is 0.226 e. The van der Waals surface area contributed by atoms with Crippen molar-refractivity contribution in [3.63, 3.8) is 0 Å². The standard InChI is InChI=1S/C14H24N2O/c1-15-8-6-12(7-9-15)14(17)16-10-11-2-4-13(16)5-3-11/h11-13H,2-10H2,1H3. The molecule has 4 fully saturated rings. The van der Waals surface area contributed by atoms with Crippen molar-refractivity contribution in [1.29, 1.82) is 0 Å². The molecule has 0 spiro atoms. The number of nitrogens with zero attached hydrogens (tertiary/aromatic N) is 2. The number of rotatable bonds is 1. The third-order valence-electron chi connectivity index (χ3n) is 5.06. The Kier molecular flexibility index (Phi) is 3.12. The van der Waals surface area contributed by atoms with Crippen LogP contribution in [0.2, 0.25) is 0 Å². The van der Waals surface area contributed by atoms with Gasteiger partial charge in [0, 0.05) is 18.5 Å². The second-order valence-corrected chi connectivity index (χ2v) is 6.24. The van der Waals surface area contributed by atoms with E-state index >= 15 is 0 Å². The van der Waals surface area contributed by atoms with Crippen LogP contribution in [0, 0.1) is 11.8 Å². The Labute approximate surface area is 104 Å². The maximum Gasteiger partial charge on any atom is 0.226 e. The summed E-state index contributed by atoms with van der Waals surface area (Å²) in [6.07, 6.45) is 7.40. The lowest BCUT2D eigenvalue weighted by Gasteiger charge is -2.47. The summed E-state index contributed by atoms with van der Waals surface area (Å²) in [6.45, 7) is 3.26. The van der Waals surface area contributed by atoms with E-state index in [1.807, 2.05) is 0 Å². The minimum absolute atomic E-state index is 0.325. The van der Waals surface area contributed by atoms with E-state index in [2.05, 4.69) is 16.8 Å². The molecule has 17 heavy (non-hydrogen) atoms. The first-order valence-electron chi connectivity index (χ1n) is 7.23. The topological polar surface area (TPSA) is 23.6 Å². The molecule has 3 nitrogen and oxygen atoms in total. The molecule has 1 saturated carbocycles. The number of amides is 1. The van der Waals surface area contributed by atoms with Gasteiger partial charge in [0.05, 0.1) is 0 Å². The summed E-state index contributed by atoms with van der Waals surface area (Å²) in [5.74, 6) is 1.62. The van der Waals surface area contributed by atoms with Gasteiger partial charge in [-0.1, -0.05) is 0 Å². The predicted molar refractivity (Wildman–Crippen MR) is 67.7 cm³/mol. The van der Waals surface area contributed by atoms with E-state index in [1.165, 1.54) is 25.7 Å². The van der Waals surface area contributed by atoms with E-state index in [0.717, 1.165) is 38.4 Å². The SMILES string of the molecule is CN1CCC(C(=O)N2CC3CCC2CC3)CC1. The van der Waals surface area contributed by atoms with Gasteiger partial charge < -0.3 is 9.80 Å². The number of hydrogen-bond acceptors (Lipinski definition) is 2. The first-order valence-corrected chi connectivity index (χ1v) is 7.23. The molecule has 2 bridgehead atoms. The Morgan fingerprint density at radius 3 is 2.18 bits per heavy atom. The normalized spacial score (nSPS) is 35.2. The summed E-state index contributed by atoms with van der Waals surface area (Å²) in [6, 6.07) is 0.590. The second-order valence-electron chi connectivity index (χ2n) is 6.24. The molecule has 0 unspecified atom stereocenters. The highest BCUT2D eigenvalue weighted by Gasteiger charge is 2.38. The van der Waals surface area contributed by atoms with E-state index in [0.29, 0.717) is 17.9 Å². The summed E-state index contributed by atoms with van der Waals surface area (Å²) >= 11 is 0. The number of carbonyl (C=O) groups is 1. The van der Waals surface area contributed by atoms with Gasteiger partial charge in [0.2, 0.25) is 5.91 Å². The van der Waals surface area contributed by atoms with Crippen LogP contribution in [-0.4, -0.2) is 48.4 Å². The number of likely N-dealkylation sites (tertiary alicyclic amines) is 1. The van der Waals surface area contributed by atoms with Crippen LogP contribution in [0.15, 0.2) is 0 Å². The molecule has 0 radical (unpaired) electrons. The highest BCUT2D eigenvalue weighted by atomic mass is 16.2. The second kappa shape index (κ2) is 4.60. The fraction of sp³-hybridized carbons (Fsp3) is 0.929. The molecule has 3 aliphatic heterocycles. The third kappa shape index (κ3) is 2.22. The van der Waals surface area contributed by atoms with Crippen LogP contribution in [0.4, 0.5) is 0 Å². The van der Waals surface area contributed by atoms with Gasteiger partial charge in [-0.15, -0.1) is 0 Å². The molecule has 4 aliphatic rings. The van der Waals surface area contributed by atoms with Crippen molar-refractivity contribution in [2.75, 3.05) is 26.7 Å². The van der Waals surface area contributed by atoms with Crippen molar-refractivity contribution in [1.82, 2.24) is 9.80 Å². The maximum absolute atomic E-state index is 12.6. The van der Waals surface area contributed by atoms with E-state index in [-0.39, 0.29) is 0 Å². The minimum Gasteiger partial charge on any atom is -0.339 e. The zero-order valence-corrected chi connectivity index (χ0v) is 10.9. The Morgan fingerprint density at radius 1 is 1.00 bits per heavy atom. The van der Waals surface area contributed by atoms with E-state index in [4.69, 9.17) is 0 Å². The highest BCUT2D eigenvalue weighted by molar-refractivity contribution is 5.79. The molecule has 3 heteroatoms. The Bertz CT molecular complexity index is 289. The summed E-state index contributed by atoms with van der Waals surface area (Å²) in [5, 5.41) is 0. The molecule has 3 heterocycles. The van der Waals surface area contributed by atoms with Crippen molar-refractivity contribution < 1.29 is 4.79 Å². The van der Waals surface area contributed by atoms with Gasteiger partial charge in [0.25, 0.3) is 0 Å². The van der Waals surface area contributed by atoms with Crippen LogP contribution >= 0.6 is 0 Å². The zero-order chi connectivity index (χ0) is 11.8. The van der Waals surface area contributed by atoms with E-state index < -0.39 is 0 Å². The van der Waals surface area contributed by atoms with Crippen LogP contribution in [0.3, 0.4) is 0 Å². The van der Waals surface area contributed by atoms with Crippen LogP contribution in [0.25, 0.3) is 0 Å². The fourth-order valence-corrected chi connectivity index (χ4v) is 3.83. The molecule has 1 aliphatic carbocycles. The summed E-state index contributed by atoms with van der Waals surface area (Å²) in [5.41, 5.74) is 0. The van der Waals surface area contributed by atoms with Crippen LogP contribution in [0.5, 0.6) is 0 Å². The molecule has 3 saturated heterocycles. The molecule has 96 valence electrons. The number of piperidine rings is 3. The van der Waals surface area contributed by atoms with Crippen molar-refractivity contribution in [2.24, 2.45) is 11.8 Å².